The number of anilines is 1. The number of alkyl halides is 2. The molecule has 4 nitrogen and oxygen atoms in total. The van der Waals surface area contributed by atoms with Gasteiger partial charge in [0.1, 0.15) is 5.75 Å². The van der Waals surface area contributed by atoms with E-state index in [-0.39, 0.29) is 16.7 Å². The highest BCUT2D eigenvalue weighted by Gasteiger charge is 2.09. The summed E-state index contributed by atoms with van der Waals surface area (Å²) in [5.41, 5.74) is 1.25. The second-order valence-corrected chi connectivity index (χ2v) is 4.80. The number of benzene rings is 1. The molecule has 7 heteroatoms. The topological polar surface area (TPSA) is 43.3 Å². The predicted octanol–water partition coefficient (Wildman–Crippen LogP) is 3.93. The van der Waals surface area contributed by atoms with E-state index in [1.54, 1.807) is 6.08 Å². The fraction of sp³-hybridized carbons (Fsp3) is 0.133. The molecule has 0 spiro atoms. The van der Waals surface area contributed by atoms with E-state index < -0.39 is 6.61 Å². The minimum absolute atomic E-state index is 0.00971. The number of halogens is 3. The van der Waals surface area contributed by atoms with Gasteiger partial charge in [0.15, 0.2) is 0 Å². The highest BCUT2D eigenvalue weighted by Crippen LogP contribution is 2.28. The summed E-state index contributed by atoms with van der Waals surface area (Å²) >= 11 is 5.81. The largest absolute Gasteiger partial charge is 0.433 e. The number of ether oxygens (including phenoxy) is 1. The van der Waals surface area contributed by atoms with Gasteiger partial charge in [-0.25, -0.2) is 0 Å². The molecule has 1 N–H and O–H groups in total. The van der Waals surface area contributed by atoms with Crippen LogP contribution in [0.1, 0.15) is 5.69 Å². The summed E-state index contributed by atoms with van der Waals surface area (Å²) in [5.74, 6) is -0.506. The van der Waals surface area contributed by atoms with Crippen LogP contribution in [0.5, 0.6) is 5.75 Å². The van der Waals surface area contributed by atoms with Crippen molar-refractivity contribution < 1.29 is 18.3 Å². The molecule has 0 radical (unpaired) electrons. The van der Waals surface area contributed by atoms with E-state index in [9.17, 15) is 13.6 Å². The SMILES string of the molecule is Cn1cccc1C=CC(=O)Nc1ccc(OC(F)F)c(Cl)c1. The lowest BCUT2D eigenvalue weighted by Gasteiger charge is -2.08. The fourth-order valence-electron chi connectivity index (χ4n) is 1.76. The first-order valence-corrected chi connectivity index (χ1v) is 6.68. The summed E-state index contributed by atoms with van der Waals surface area (Å²) in [4.78, 5) is 11.8. The maximum atomic E-state index is 12.1. The van der Waals surface area contributed by atoms with E-state index in [1.807, 2.05) is 29.9 Å². The summed E-state index contributed by atoms with van der Waals surface area (Å²) in [7, 11) is 1.86. The highest BCUT2D eigenvalue weighted by molar-refractivity contribution is 6.32. The van der Waals surface area contributed by atoms with Crippen LogP contribution < -0.4 is 10.1 Å². The number of nitrogens with zero attached hydrogens (tertiary/aromatic N) is 1. The van der Waals surface area contributed by atoms with Crippen LogP contribution >= 0.6 is 11.6 Å². The summed E-state index contributed by atoms with van der Waals surface area (Å²) in [6, 6.07) is 7.76. The van der Waals surface area contributed by atoms with Crippen molar-refractivity contribution in [2.75, 3.05) is 5.32 Å². The molecule has 0 fully saturated rings. The quantitative estimate of drug-likeness (QED) is 0.846. The van der Waals surface area contributed by atoms with Crippen molar-refractivity contribution in [3.8, 4) is 5.75 Å². The maximum absolute atomic E-state index is 12.1. The van der Waals surface area contributed by atoms with Crippen molar-refractivity contribution in [3.63, 3.8) is 0 Å². The Labute approximate surface area is 131 Å². The maximum Gasteiger partial charge on any atom is 0.387 e. The zero-order chi connectivity index (χ0) is 16.1. The van der Waals surface area contributed by atoms with Crippen LogP contribution in [0.15, 0.2) is 42.6 Å². The first-order chi connectivity index (χ1) is 10.5. The molecular formula is C15H13ClF2N2O2. The summed E-state index contributed by atoms with van der Waals surface area (Å²) < 4.78 is 30.3. The summed E-state index contributed by atoms with van der Waals surface area (Å²) in [6.07, 6.45) is 4.89. The fourth-order valence-corrected chi connectivity index (χ4v) is 1.99. The van der Waals surface area contributed by atoms with Gasteiger partial charge in [0, 0.05) is 30.7 Å². The number of carbonyl (C=O) groups excluding carboxylic acids is 1. The molecule has 22 heavy (non-hydrogen) atoms. The van der Waals surface area contributed by atoms with Gasteiger partial charge in [-0.05, 0) is 36.4 Å². The Hall–Kier alpha value is -2.34. The van der Waals surface area contributed by atoms with E-state index in [1.165, 1.54) is 24.3 Å². The highest BCUT2D eigenvalue weighted by atomic mass is 35.5. The smallest absolute Gasteiger partial charge is 0.387 e. The number of amides is 1. The van der Waals surface area contributed by atoms with Crippen LogP contribution in [-0.4, -0.2) is 17.1 Å². The van der Waals surface area contributed by atoms with Gasteiger partial charge >= 0.3 is 6.61 Å². The van der Waals surface area contributed by atoms with Crippen molar-refractivity contribution in [2.45, 2.75) is 6.61 Å². The predicted molar refractivity (Wildman–Crippen MR) is 81.2 cm³/mol. The molecular weight excluding hydrogens is 314 g/mol. The molecule has 0 aliphatic heterocycles. The van der Waals surface area contributed by atoms with Crippen LogP contribution in [0, 0.1) is 0 Å². The Morgan fingerprint density at radius 3 is 2.77 bits per heavy atom. The Morgan fingerprint density at radius 2 is 2.18 bits per heavy atom. The molecule has 0 atom stereocenters. The minimum atomic E-state index is -2.95. The zero-order valence-electron chi connectivity index (χ0n) is 11.6. The van der Waals surface area contributed by atoms with Crippen molar-refractivity contribution in [1.82, 2.24) is 4.57 Å². The Balaban J connectivity index is 2.01. The van der Waals surface area contributed by atoms with Gasteiger partial charge in [0.05, 0.1) is 5.02 Å². The molecule has 0 unspecified atom stereocenters. The van der Waals surface area contributed by atoms with Gasteiger partial charge in [-0.15, -0.1) is 0 Å². The van der Waals surface area contributed by atoms with Crippen LogP contribution in [0.2, 0.25) is 5.02 Å². The van der Waals surface area contributed by atoms with Crippen LogP contribution in [0.25, 0.3) is 6.08 Å². The monoisotopic (exact) mass is 326 g/mol. The van der Waals surface area contributed by atoms with E-state index in [2.05, 4.69) is 10.1 Å². The number of nitrogens with one attached hydrogen (secondary N) is 1. The van der Waals surface area contributed by atoms with Gasteiger partial charge in [0.25, 0.3) is 0 Å². The number of aromatic nitrogens is 1. The third-order valence-corrected chi connectivity index (χ3v) is 3.10. The molecule has 0 aliphatic rings. The minimum Gasteiger partial charge on any atom is -0.433 e. The van der Waals surface area contributed by atoms with Gasteiger partial charge in [-0.3, -0.25) is 4.79 Å². The number of hydrogen-bond acceptors (Lipinski definition) is 2. The molecule has 1 aromatic carbocycles. The summed E-state index contributed by atoms with van der Waals surface area (Å²) in [5, 5.41) is 2.57. The van der Waals surface area contributed by atoms with Crippen molar-refractivity contribution >= 4 is 29.3 Å². The lowest BCUT2D eigenvalue weighted by molar-refractivity contribution is -0.111. The first-order valence-electron chi connectivity index (χ1n) is 6.30. The van der Waals surface area contributed by atoms with Crippen LogP contribution in [0.3, 0.4) is 0 Å². The van der Waals surface area contributed by atoms with Crippen molar-refractivity contribution in [3.05, 3.63) is 53.3 Å². The number of aryl methyl sites for hydroxylation is 1. The molecule has 1 aromatic heterocycles. The van der Waals surface area contributed by atoms with Gasteiger partial charge in [0.2, 0.25) is 5.91 Å². The van der Waals surface area contributed by atoms with Gasteiger partial charge in [-0.2, -0.15) is 8.78 Å². The number of hydrogen-bond donors (Lipinski definition) is 1. The van der Waals surface area contributed by atoms with Crippen molar-refractivity contribution in [1.29, 1.82) is 0 Å². The number of rotatable bonds is 5. The molecule has 0 bridgehead atoms. The zero-order valence-corrected chi connectivity index (χ0v) is 12.3. The van der Waals surface area contributed by atoms with E-state index in [4.69, 9.17) is 11.6 Å². The second kappa shape index (κ2) is 7.09. The first kappa shape index (κ1) is 16.0. The molecule has 0 saturated heterocycles. The molecule has 1 amide bonds. The van der Waals surface area contributed by atoms with Crippen LogP contribution in [-0.2, 0) is 11.8 Å². The molecule has 116 valence electrons. The Bertz CT molecular complexity index is 699. The van der Waals surface area contributed by atoms with Gasteiger partial charge in [-0.1, -0.05) is 11.6 Å². The van der Waals surface area contributed by atoms with Gasteiger partial charge < -0.3 is 14.6 Å². The van der Waals surface area contributed by atoms with Crippen LogP contribution in [0.4, 0.5) is 14.5 Å². The standard InChI is InChI=1S/C15H13ClF2N2O2/c1-20-8-2-3-11(20)5-7-14(21)19-10-4-6-13(12(16)9-10)22-15(17)18/h2-9,15H,1H3,(H,19,21). The Morgan fingerprint density at radius 1 is 1.41 bits per heavy atom. The average Bonchev–Trinajstić information content (AvgIpc) is 2.85. The number of carbonyl (C=O) groups is 1. The lowest BCUT2D eigenvalue weighted by Crippen LogP contribution is -2.08. The Kier molecular flexibility index (Phi) is 5.16. The molecule has 0 aliphatic carbocycles. The van der Waals surface area contributed by atoms with E-state index in [0.717, 1.165) is 5.69 Å². The summed E-state index contributed by atoms with van der Waals surface area (Å²) in [6.45, 7) is -2.95. The average molecular weight is 327 g/mol. The molecule has 0 saturated carbocycles. The second-order valence-electron chi connectivity index (χ2n) is 4.39. The van der Waals surface area contributed by atoms with Crippen molar-refractivity contribution in [2.24, 2.45) is 7.05 Å². The molecule has 2 aromatic rings. The third-order valence-electron chi connectivity index (χ3n) is 2.80. The van der Waals surface area contributed by atoms with E-state index >= 15 is 0 Å². The van der Waals surface area contributed by atoms with E-state index in [0.29, 0.717) is 5.69 Å². The molecule has 2 rings (SSSR count). The molecule has 1 heterocycles. The normalized spacial score (nSPS) is 11.1. The third kappa shape index (κ3) is 4.33. The lowest BCUT2D eigenvalue weighted by atomic mass is 10.3.